The number of aryl methyl sites for hydroxylation is 1. The number of hydrogen-bond donors (Lipinski definition) is 2. The number of anilines is 2. The van der Waals surface area contributed by atoms with E-state index in [1.807, 2.05) is 0 Å². The number of piperazine rings is 1. The monoisotopic (exact) mass is 247 g/mol. The third-order valence-electron chi connectivity index (χ3n) is 3.40. The van der Waals surface area contributed by atoms with Crippen LogP contribution in [0.25, 0.3) is 0 Å². The fraction of sp³-hybridized carbons (Fsp3) is 0.600. The Bertz CT molecular complexity index is 381. The van der Waals surface area contributed by atoms with Crippen molar-refractivity contribution in [3.05, 3.63) is 23.8 Å². The minimum Gasteiger partial charge on any atom is -0.385 e. The van der Waals surface area contributed by atoms with Gasteiger partial charge in [0.15, 0.2) is 0 Å². The highest BCUT2D eigenvalue weighted by Crippen LogP contribution is 2.23. The van der Waals surface area contributed by atoms with Crippen molar-refractivity contribution in [3.63, 3.8) is 0 Å². The standard InChI is InChI=1S/C15H25N3/c1-12(2)11-17-15-10-14(5-4-13(15)3)18-8-6-16-7-9-18/h4-5,10,12,16-17H,6-9,11H2,1-3H3. The minimum absolute atomic E-state index is 0.673. The average Bonchev–Trinajstić information content (AvgIpc) is 2.38. The maximum absolute atomic E-state index is 3.55. The summed E-state index contributed by atoms with van der Waals surface area (Å²) in [6.45, 7) is 12.1. The maximum Gasteiger partial charge on any atom is 0.0390 e. The topological polar surface area (TPSA) is 27.3 Å². The van der Waals surface area contributed by atoms with Crippen molar-refractivity contribution in [2.24, 2.45) is 5.92 Å². The Kier molecular flexibility index (Phi) is 4.48. The van der Waals surface area contributed by atoms with Gasteiger partial charge in [0, 0.05) is 44.1 Å². The van der Waals surface area contributed by atoms with Gasteiger partial charge in [0.1, 0.15) is 0 Å². The fourth-order valence-corrected chi connectivity index (χ4v) is 2.23. The summed E-state index contributed by atoms with van der Waals surface area (Å²) in [6.07, 6.45) is 0. The molecular formula is C15H25N3. The fourth-order valence-electron chi connectivity index (χ4n) is 2.23. The van der Waals surface area contributed by atoms with Gasteiger partial charge >= 0.3 is 0 Å². The van der Waals surface area contributed by atoms with Gasteiger partial charge in [0.05, 0.1) is 0 Å². The van der Waals surface area contributed by atoms with E-state index in [9.17, 15) is 0 Å². The third-order valence-corrected chi connectivity index (χ3v) is 3.40. The van der Waals surface area contributed by atoms with Gasteiger partial charge in [-0.25, -0.2) is 0 Å². The van der Waals surface area contributed by atoms with Crippen LogP contribution in [0.3, 0.4) is 0 Å². The zero-order chi connectivity index (χ0) is 13.0. The van der Waals surface area contributed by atoms with E-state index in [1.165, 1.54) is 16.9 Å². The first kappa shape index (κ1) is 13.2. The van der Waals surface area contributed by atoms with Crippen LogP contribution in [0.15, 0.2) is 18.2 Å². The molecule has 1 fully saturated rings. The number of hydrogen-bond acceptors (Lipinski definition) is 3. The van der Waals surface area contributed by atoms with Gasteiger partial charge in [-0.2, -0.15) is 0 Å². The number of nitrogens with zero attached hydrogens (tertiary/aromatic N) is 1. The molecule has 0 amide bonds. The van der Waals surface area contributed by atoms with Gasteiger partial charge < -0.3 is 15.5 Å². The quantitative estimate of drug-likeness (QED) is 0.856. The molecule has 0 aliphatic carbocycles. The molecule has 3 nitrogen and oxygen atoms in total. The van der Waals surface area contributed by atoms with Gasteiger partial charge in [-0.15, -0.1) is 0 Å². The van der Waals surface area contributed by atoms with Crippen LogP contribution in [0.2, 0.25) is 0 Å². The number of benzene rings is 1. The molecule has 0 unspecified atom stereocenters. The number of nitrogens with one attached hydrogen (secondary N) is 2. The second kappa shape index (κ2) is 6.10. The minimum atomic E-state index is 0.673. The molecule has 0 bridgehead atoms. The Morgan fingerprint density at radius 1 is 1.28 bits per heavy atom. The first-order chi connectivity index (χ1) is 8.66. The first-order valence-electron chi connectivity index (χ1n) is 6.97. The Balaban J connectivity index is 2.09. The summed E-state index contributed by atoms with van der Waals surface area (Å²) in [6, 6.07) is 6.75. The van der Waals surface area contributed by atoms with Crippen LogP contribution in [0.1, 0.15) is 19.4 Å². The van der Waals surface area contributed by atoms with Crippen LogP contribution in [0.5, 0.6) is 0 Å². The van der Waals surface area contributed by atoms with Crippen LogP contribution in [-0.4, -0.2) is 32.7 Å². The Morgan fingerprint density at radius 3 is 2.67 bits per heavy atom. The molecule has 1 heterocycles. The predicted molar refractivity (Wildman–Crippen MR) is 79.6 cm³/mol. The molecular weight excluding hydrogens is 222 g/mol. The van der Waals surface area contributed by atoms with E-state index in [2.05, 4.69) is 54.5 Å². The van der Waals surface area contributed by atoms with Crippen LogP contribution in [0.4, 0.5) is 11.4 Å². The van der Waals surface area contributed by atoms with Crippen molar-refractivity contribution >= 4 is 11.4 Å². The lowest BCUT2D eigenvalue weighted by Gasteiger charge is -2.30. The predicted octanol–water partition coefficient (Wildman–Crippen LogP) is 2.47. The molecule has 1 aliphatic rings. The lowest BCUT2D eigenvalue weighted by atomic mass is 10.1. The van der Waals surface area contributed by atoms with Crippen LogP contribution >= 0.6 is 0 Å². The van der Waals surface area contributed by atoms with Gasteiger partial charge in [-0.3, -0.25) is 0 Å². The third kappa shape index (κ3) is 3.39. The van der Waals surface area contributed by atoms with E-state index in [0.717, 1.165) is 32.7 Å². The molecule has 0 aromatic heterocycles. The molecule has 18 heavy (non-hydrogen) atoms. The van der Waals surface area contributed by atoms with Crippen molar-refractivity contribution in [1.82, 2.24) is 5.32 Å². The summed E-state index contributed by atoms with van der Waals surface area (Å²) >= 11 is 0. The lowest BCUT2D eigenvalue weighted by Crippen LogP contribution is -2.43. The van der Waals surface area contributed by atoms with E-state index < -0.39 is 0 Å². The summed E-state index contributed by atoms with van der Waals surface area (Å²) < 4.78 is 0. The normalized spacial score (nSPS) is 16.1. The average molecular weight is 247 g/mol. The summed E-state index contributed by atoms with van der Waals surface area (Å²) in [5.74, 6) is 0.673. The summed E-state index contributed by atoms with van der Waals surface area (Å²) in [7, 11) is 0. The van der Waals surface area contributed by atoms with Crippen LogP contribution < -0.4 is 15.5 Å². The molecule has 0 saturated carbocycles. The number of rotatable bonds is 4. The van der Waals surface area contributed by atoms with E-state index >= 15 is 0 Å². The molecule has 2 rings (SSSR count). The highest BCUT2D eigenvalue weighted by Gasteiger charge is 2.11. The molecule has 3 heteroatoms. The highest BCUT2D eigenvalue weighted by molar-refractivity contribution is 5.62. The molecule has 2 N–H and O–H groups in total. The molecule has 1 aromatic carbocycles. The molecule has 100 valence electrons. The smallest absolute Gasteiger partial charge is 0.0390 e. The Hall–Kier alpha value is -1.22. The van der Waals surface area contributed by atoms with Gasteiger partial charge in [0.2, 0.25) is 0 Å². The molecule has 0 radical (unpaired) electrons. The van der Waals surface area contributed by atoms with Crippen molar-refractivity contribution < 1.29 is 0 Å². The second-order valence-corrected chi connectivity index (χ2v) is 5.51. The second-order valence-electron chi connectivity index (χ2n) is 5.51. The highest BCUT2D eigenvalue weighted by atomic mass is 15.2. The Morgan fingerprint density at radius 2 is 2.00 bits per heavy atom. The van der Waals surface area contributed by atoms with Gasteiger partial charge in [-0.1, -0.05) is 19.9 Å². The van der Waals surface area contributed by atoms with Crippen molar-refractivity contribution in [2.75, 3.05) is 42.9 Å². The molecule has 0 spiro atoms. The SMILES string of the molecule is Cc1ccc(N2CCNCC2)cc1NCC(C)C. The van der Waals surface area contributed by atoms with Crippen molar-refractivity contribution in [1.29, 1.82) is 0 Å². The van der Waals surface area contributed by atoms with Crippen molar-refractivity contribution in [2.45, 2.75) is 20.8 Å². The zero-order valence-corrected chi connectivity index (χ0v) is 11.8. The first-order valence-corrected chi connectivity index (χ1v) is 6.97. The van der Waals surface area contributed by atoms with E-state index in [1.54, 1.807) is 0 Å². The summed E-state index contributed by atoms with van der Waals surface area (Å²) in [4.78, 5) is 2.45. The summed E-state index contributed by atoms with van der Waals surface area (Å²) in [5.41, 5.74) is 3.95. The lowest BCUT2D eigenvalue weighted by molar-refractivity contribution is 0.589. The van der Waals surface area contributed by atoms with E-state index in [0.29, 0.717) is 5.92 Å². The molecule has 1 aliphatic heterocycles. The summed E-state index contributed by atoms with van der Waals surface area (Å²) in [5, 5.41) is 6.94. The zero-order valence-electron chi connectivity index (χ0n) is 11.8. The van der Waals surface area contributed by atoms with E-state index in [4.69, 9.17) is 0 Å². The van der Waals surface area contributed by atoms with E-state index in [-0.39, 0.29) is 0 Å². The maximum atomic E-state index is 3.55. The van der Waals surface area contributed by atoms with Crippen molar-refractivity contribution in [3.8, 4) is 0 Å². The molecule has 0 atom stereocenters. The molecule has 1 aromatic rings. The van der Waals surface area contributed by atoms with Crippen LogP contribution in [-0.2, 0) is 0 Å². The van der Waals surface area contributed by atoms with Gasteiger partial charge in [0.25, 0.3) is 0 Å². The molecule has 1 saturated heterocycles. The Labute approximate surface area is 111 Å². The largest absolute Gasteiger partial charge is 0.385 e. The van der Waals surface area contributed by atoms with Crippen LogP contribution in [0, 0.1) is 12.8 Å². The van der Waals surface area contributed by atoms with Gasteiger partial charge in [-0.05, 0) is 30.5 Å².